The van der Waals surface area contributed by atoms with Crippen molar-refractivity contribution in [2.24, 2.45) is 0 Å². The molecule has 146 valence electrons. The van der Waals surface area contributed by atoms with Gasteiger partial charge in [0.05, 0.1) is 19.9 Å². The average Bonchev–Trinajstić information content (AvgIpc) is 3.21. The van der Waals surface area contributed by atoms with Crippen molar-refractivity contribution in [3.63, 3.8) is 0 Å². The predicted octanol–water partition coefficient (Wildman–Crippen LogP) is 5.22. The number of nitrogens with one attached hydrogen (secondary N) is 2. The fourth-order valence-electron chi connectivity index (χ4n) is 3.46. The first-order valence-corrected chi connectivity index (χ1v) is 9.35. The van der Waals surface area contributed by atoms with E-state index in [1.807, 2.05) is 72.8 Å². The summed E-state index contributed by atoms with van der Waals surface area (Å²) < 4.78 is 10.8. The van der Waals surface area contributed by atoms with Gasteiger partial charge in [-0.1, -0.05) is 48.5 Å². The molecule has 29 heavy (non-hydrogen) atoms. The van der Waals surface area contributed by atoms with Crippen LogP contribution in [0.4, 0.5) is 5.69 Å². The first kappa shape index (κ1) is 18.6. The third kappa shape index (κ3) is 3.67. The number of anilines is 1. The second-order valence-electron chi connectivity index (χ2n) is 6.67. The Balaban J connectivity index is 1.78. The van der Waals surface area contributed by atoms with Gasteiger partial charge in [0.25, 0.3) is 0 Å². The summed E-state index contributed by atoms with van der Waals surface area (Å²) in [5.74, 6) is 1.29. The van der Waals surface area contributed by atoms with E-state index in [0.717, 1.165) is 16.5 Å². The van der Waals surface area contributed by atoms with E-state index in [2.05, 4.69) is 10.3 Å². The second kappa shape index (κ2) is 8.10. The third-order valence-electron chi connectivity index (χ3n) is 4.96. The molecule has 1 atom stereocenters. The van der Waals surface area contributed by atoms with Crippen LogP contribution in [-0.2, 0) is 0 Å². The van der Waals surface area contributed by atoms with Crippen LogP contribution in [0.25, 0.3) is 10.9 Å². The van der Waals surface area contributed by atoms with E-state index in [0.29, 0.717) is 22.7 Å². The van der Waals surface area contributed by atoms with Crippen LogP contribution < -0.4 is 14.8 Å². The first-order valence-electron chi connectivity index (χ1n) is 9.35. The van der Waals surface area contributed by atoms with Crippen molar-refractivity contribution in [3.8, 4) is 11.5 Å². The number of hydrogen-bond donors (Lipinski definition) is 2. The summed E-state index contributed by atoms with van der Waals surface area (Å²) in [5, 5.41) is 4.27. The average molecular weight is 386 g/mol. The highest BCUT2D eigenvalue weighted by Gasteiger charge is 2.25. The molecule has 4 rings (SSSR count). The molecule has 0 fully saturated rings. The van der Waals surface area contributed by atoms with Crippen molar-refractivity contribution < 1.29 is 14.3 Å². The molecule has 5 heteroatoms. The molecule has 2 N–H and O–H groups in total. The SMILES string of the molecule is COc1ccc(OC)c(NC(C(=O)c2c[nH]c3ccccc23)c2ccccc2)c1. The Hall–Kier alpha value is -3.73. The molecule has 0 bridgehead atoms. The number of benzene rings is 3. The number of carbonyl (C=O) groups is 1. The highest BCUT2D eigenvalue weighted by atomic mass is 16.5. The maximum absolute atomic E-state index is 13.6. The van der Waals surface area contributed by atoms with Gasteiger partial charge in [0.15, 0.2) is 5.78 Å². The van der Waals surface area contributed by atoms with Crippen molar-refractivity contribution in [1.29, 1.82) is 0 Å². The molecule has 5 nitrogen and oxygen atoms in total. The van der Waals surface area contributed by atoms with Crippen molar-refractivity contribution >= 4 is 22.4 Å². The number of Topliss-reactive ketones (excluding diaryl/α,β-unsaturated/α-hetero) is 1. The van der Waals surface area contributed by atoms with Crippen LogP contribution >= 0.6 is 0 Å². The Labute approximate surface area is 169 Å². The molecule has 0 spiro atoms. The Morgan fingerprint density at radius 1 is 0.931 bits per heavy atom. The first-order chi connectivity index (χ1) is 14.2. The quantitative estimate of drug-likeness (QED) is 0.427. The molecule has 0 amide bonds. The summed E-state index contributed by atoms with van der Waals surface area (Å²) in [7, 11) is 3.21. The van der Waals surface area contributed by atoms with Gasteiger partial charge in [0.1, 0.15) is 17.5 Å². The Kier molecular flexibility index (Phi) is 5.20. The van der Waals surface area contributed by atoms with Crippen molar-refractivity contribution in [3.05, 3.63) is 90.1 Å². The molecule has 3 aromatic carbocycles. The van der Waals surface area contributed by atoms with Crippen molar-refractivity contribution in [2.75, 3.05) is 19.5 Å². The standard InChI is InChI=1S/C24H22N2O3/c1-28-17-12-13-22(29-2)21(14-17)26-23(16-8-4-3-5-9-16)24(27)19-15-25-20-11-7-6-10-18(19)20/h3-15,23,25-26H,1-2H3. The molecule has 1 unspecified atom stereocenters. The lowest BCUT2D eigenvalue weighted by Gasteiger charge is -2.21. The number of hydrogen-bond acceptors (Lipinski definition) is 4. The molecule has 1 aromatic heterocycles. The predicted molar refractivity (Wildman–Crippen MR) is 115 cm³/mol. The summed E-state index contributed by atoms with van der Waals surface area (Å²) in [4.78, 5) is 16.8. The minimum atomic E-state index is -0.587. The Morgan fingerprint density at radius 2 is 1.69 bits per heavy atom. The van der Waals surface area contributed by atoms with Gasteiger partial charge in [-0.25, -0.2) is 0 Å². The van der Waals surface area contributed by atoms with E-state index in [9.17, 15) is 4.79 Å². The number of aromatic amines is 1. The number of methoxy groups -OCH3 is 2. The number of carbonyl (C=O) groups excluding carboxylic acids is 1. The molecular formula is C24H22N2O3. The number of rotatable bonds is 7. The normalized spacial score (nSPS) is 11.8. The molecule has 0 aliphatic rings. The minimum absolute atomic E-state index is 0.0291. The fraction of sp³-hybridized carbons (Fsp3) is 0.125. The second-order valence-corrected chi connectivity index (χ2v) is 6.67. The number of H-pyrrole nitrogens is 1. The van der Waals surface area contributed by atoms with Crippen LogP contribution in [0.3, 0.4) is 0 Å². The van der Waals surface area contributed by atoms with Gasteiger partial charge in [0, 0.05) is 28.7 Å². The zero-order valence-electron chi connectivity index (χ0n) is 16.3. The van der Waals surface area contributed by atoms with E-state index in [4.69, 9.17) is 9.47 Å². The molecule has 0 saturated heterocycles. The zero-order chi connectivity index (χ0) is 20.2. The van der Waals surface area contributed by atoms with Gasteiger partial charge < -0.3 is 19.8 Å². The van der Waals surface area contributed by atoms with Gasteiger partial charge in [0.2, 0.25) is 0 Å². The van der Waals surface area contributed by atoms with E-state index in [-0.39, 0.29) is 5.78 Å². The summed E-state index contributed by atoms with van der Waals surface area (Å²) in [6.07, 6.45) is 1.77. The van der Waals surface area contributed by atoms with E-state index in [1.54, 1.807) is 20.4 Å². The smallest absolute Gasteiger partial charge is 0.191 e. The van der Waals surface area contributed by atoms with E-state index >= 15 is 0 Å². The van der Waals surface area contributed by atoms with Crippen LogP contribution in [-0.4, -0.2) is 25.0 Å². The Bertz CT molecular complexity index is 1140. The largest absolute Gasteiger partial charge is 0.497 e. The maximum Gasteiger partial charge on any atom is 0.191 e. The lowest BCUT2D eigenvalue weighted by atomic mass is 9.96. The van der Waals surface area contributed by atoms with Gasteiger partial charge in [-0.2, -0.15) is 0 Å². The molecule has 0 aliphatic heterocycles. The zero-order valence-corrected chi connectivity index (χ0v) is 16.3. The number of ketones is 1. The maximum atomic E-state index is 13.6. The van der Waals surface area contributed by atoms with Gasteiger partial charge >= 0.3 is 0 Å². The summed E-state index contributed by atoms with van der Waals surface area (Å²) in [6, 6.07) is 22.3. The van der Waals surface area contributed by atoms with Crippen LogP contribution in [0, 0.1) is 0 Å². The number of ether oxygens (including phenoxy) is 2. The van der Waals surface area contributed by atoms with Crippen LogP contribution in [0.2, 0.25) is 0 Å². The number of fused-ring (bicyclic) bond motifs is 1. The third-order valence-corrected chi connectivity index (χ3v) is 4.96. The van der Waals surface area contributed by atoms with Crippen molar-refractivity contribution in [1.82, 2.24) is 4.98 Å². The molecule has 0 radical (unpaired) electrons. The Morgan fingerprint density at radius 3 is 2.45 bits per heavy atom. The highest BCUT2D eigenvalue weighted by Crippen LogP contribution is 2.34. The van der Waals surface area contributed by atoms with Crippen molar-refractivity contribution in [2.45, 2.75) is 6.04 Å². The van der Waals surface area contributed by atoms with Crippen LogP contribution in [0.15, 0.2) is 79.0 Å². The molecular weight excluding hydrogens is 364 g/mol. The topological polar surface area (TPSA) is 63.4 Å². The minimum Gasteiger partial charge on any atom is -0.497 e. The number of para-hydroxylation sites is 1. The molecule has 4 aromatic rings. The number of aromatic nitrogens is 1. The lowest BCUT2D eigenvalue weighted by Crippen LogP contribution is -2.21. The van der Waals surface area contributed by atoms with Crippen LogP contribution in [0.5, 0.6) is 11.5 Å². The molecule has 0 aliphatic carbocycles. The van der Waals surface area contributed by atoms with Crippen LogP contribution in [0.1, 0.15) is 22.0 Å². The molecule has 0 saturated carbocycles. The van der Waals surface area contributed by atoms with Gasteiger partial charge in [-0.05, 0) is 23.8 Å². The monoisotopic (exact) mass is 386 g/mol. The summed E-state index contributed by atoms with van der Waals surface area (Å²) >= 11 is 0. The van der Waals surface area contributed by atoms with E-state index < -0.39 is 6.04 Å². The van der Waals surface area contributed by atoms with E-state index in [1.165, 1.54) is 0 Å². The van der Waals surface area contributed by atoms with Gasteiger partial charge in [-0.15, -0.1) is 0 Å². The lowest BCUT2D eigenvalue weighted by molar-refractivity contribution is 0.0971. The summed E-state index contributed by atoms with van der Waals surface area (Å²) in [6.45, 7) is 0. The summed E-state index contributed by atoms with van der Waals surface area (Å²) in [5.41, 5.74) is 3.13. The molecule has 1 heterocycles. The van der Waals surface area contributed by atoms with Gasteiger partial charge in [-0.3, -0.25) is 4.79 Å². The highest BCUT2D eigenvalue weighted by molar-refractivity contribution is 6.11. The fourth-order valence-corrected chi connectivity index (χ4v) is 3.46.